The van der Waals surface area contributed by atoms with Crippen LogP contribution in [0.3, 0.4) is 0 Å². The molecule has 0 spiro atoms. The number of rotatable bonds is 13. The molecule has 0 amide bonds. The second kappa shape index (κ2) is 16.1. The van der Waals surface area contributed by atoms with Gasteiger partial charge in [0.25, 0.3) is 0 Å². The van der Waals surface area contributed by atoms with Crippen molar-refractivity contribution >= 4 is 41.5 Å². The van der Waals surface area contributed by atoms with Crippen LogP contribution in [0.1, 0.15) is 71.1 Å². The van der Waals surface area contributed by atoms with Gasteiger partial charge in [0.05, 0.1) is 12.3 Å². The van der Waals surface area contributed by atoms with Gasteiger partial charge in [-0.2, -0.15) is 0 Å². The molecule has 0 aliphatic heterocycles. The SMILES string of the molecule is CCCCCCCCCCC=CC(CC(=O)O)C(=O)O.[Na]. The molecule has 0 aromatic heterocycles. The van der Waals surface area contributed by atoms with Crippen LogP contribution in [0.2, 0.25) is 0 Å². The monoisotopic (exact) mass is 307 g/mol. The second-order valence-corrected chi connectivity index (χ2v) is 5.23. The number of hydrogen-bond acceptors (Lipinski definition) is 2. The van der Waals surface area contributed by atoms with E-state index in [4.69, 9.17) is 10.2 Å². The van der Waals surface area contributed by atoms with Gasteiger partial charge in [0.15, 0.2) is 0 Å². The van der Waals surface area contributed by atoms with Gasteiger partial charge in [-0.15, -0.1) is 0 Å². The Morgan fingerprint density at radius 1 is 0.952 bits per heavy atom. The Hall–Kier alpha value is -0.320. The van der Waals surface area contributed by atoms with E-state index in [9.17, 15) is 9.59 Å². The number of carbonyl (C=O) groups is 2. The second-order valence-electron chi connectivity index (χ2n) is 5.23. The predicted octanol–water partition coefficient (Wildman–Crippen LogP) is 3.87. The molecule has 0 aliphatic rings. The molecule has 2 N–H and O–H groups in total. The fourth-order valence-electron chi connectivity index (χ4n) is 2.08. The molecule has 0 aliphatic carbocycles. The van der Waals surface area contributed by atoms with E-state index in [2.05, 4.69) is 6.92 Å². The van der Waals surface area contributed by atoms with Crippen molar-refractivity contribution < 1.29 is 19.8 Å². The van der Waals surface area contributed by atoms with Crippen molar-refractivity contribution in [1.29, 1.82) is 0 Å². The summed E-state index contributed by atoms with van der Waals surface area (Å²) < 4.78 is 0. The number of unbranched alkanes of at least 4 members (excludes halogenated alkanes) is 8. The van der Waals surface area contributed by atoms with E-state index in [1.165, 1.54) is 44.6 Å². The summed E-state index contributed by atoms with van der Waals surface area (Å²) in [7, 11) is 0. The number of allylic oxidation sites excluding steroid dienone is 1. The van der Waals surface area contributed by atoms with Crippen LogP contribution in [0.4, 0.5) is 0 Å². The summed E-state index contributed by atoms with van der Waals surface area (Å²) in [5.41, 5.74) is 0. The molecule has 5 heteroatoms. The summed E-state index contributed by atoms with van der Waals surface area (Å²) in [6, 6.07) is 0. The van der Waals surface area contributed by atoms with Crippen molar-refractivity contribution in [3.63, 3.8) is 0 Å². The third kappa shape index (κ3) is 15.9. The molecule has 117 valence electrons. The van der Waals surface area contributed by atoms with Crippen LogP contribution in [0.15, 0.2) is 12.2 Å². The van der Waals surface area contributed by atoms with E-state index in [1.807, 2.05) is 0 Å². The van der Waals surface area contributed by atoms with Gasteiger partial charge in [0.2, 0.25) is 0 Å². The van der Waals surface area contributed by atoms with Gasteiger partial charge in [-0.3, -0.25) is 9.59 Å². The van der Waals surface area contributed by atoms with Crippen LogP contribution in [-0.4, -0.2) is 51.7 Å². The average Bonchev–Trinajstić information content (AvgIpc) is 2.39. The quantitative estimate of drug-likeness (QED) is 0.308. The van der Waals surface area contributed by atoms with Gasteiger partial charge in [-0.1, -0.05) is 64.0 Å². The number of hydrogen-bond donors (Lipinski definition) is 2. The minimum absolute atomic E-state index is 0. The summed E-state index contributed by atoms with van der Waals surface area (Å²) in [6.07, 6.45) is 13.7. The van der Waals surface area contributed by atoms with Crippen molar-refractivity contribution in [2.75, 3.05) is 0 Å². The Labute approximate surface area is 150 Å². The first-order chi connectivity index (χ1) is 9.57. The minimum Gasteiger partial charge on any atom is -0.481 e. The van der Waals surface area contributed by atoms with Crippen LogP contribution in [0.25, 0.3) is 0 Å². The summed E-state index contributed by atoms with van der Waals surface area (Å²) >= 11 is 0. The molecule has 0 heterocycles. The molecule has 0 saturated heterocycles. The Kier molecular flexibility index (Phi) is 17.6. The van der Waals surface area contributed by atoms with E-state index in [1.54, 1.807) is 6.08 Å². The number of aliphatic carboxylic acids is 2. The normalized spacial score (nSPS) is 12.0. The largest absolute Gasteiger partial charge is 0.481 e. The molecular weight excluding hydrogens is 279 g/mol. The van der Waals surface area contributed by atoms with Gasteiger partial charge >= 0.3 is 11.9 Å². The van der Waals surface area contributed by atoms with Gasteiger partial charge in [-0.05, 0) is 12.8 Å². The molecule has 0 fully saturated rings. The molecule has 4 nitrogen and oxygen atoms in total. The Bertz CT molecular complexity index is 303. The van der Waals surface area contributed by atoms with Crippen LogP contribution in [0, 0.1) is 5.92 Å². The summed E-state index contributed by atoms with van der Waals surface area (Å²) in [4.78, 5) is 21.3. The van der Waals surface area contributed by atoms with Crippen molar-refractivity contribution in [3.05, 3.63) is 12.2 Å². The average molecular weight is 307 g/mol. The van der Waals surface area contributed by atoms with E-state index in [-0.39, 0.29) is 36.0 Å². The molecule has 0 rings (SSSR count). The summed E-state index contributed by atoms with van der Waals surface area (Å²) in [5.74, 6) is -3.05. The number of carboxylic acid groups (broad SMARTS) is 2. The van der Waals surface area contributed by atoms with E-state index in [0.29, 0.717) is 0 Å². The van der Waals surface area contributed by atoms with E-state index < -0.39 is 17.9 Å². The van der Waals surface area contributed by atoms with Crippen LogP contribution in [-0.2, 0) is 9.59 Å². The zero-order valence-electron chi connectivity index (χ0n) is 13.5. The number of carboxylic acids is 2. The smallest absolute Gasteiger partial charge is 0.310 e. The molecule has 0 saturated carbocycles. The molecule has 0 aromatic carbocycles. The van der Waals surface area contributed by atoms with Gasteiger partial charge < -0.3 is 10.2 Å². The van der Waals surface area contributed by atoms with Crippen molar-refractivity contribution in [2.45, 2.75) is 71.1 Å². The minimum atomic E-state index is -1.07. The van der Waals surface area contributed by atoms with E-state index in [0.717, 1.165) is 19.3 Å². The summed E-state index contributed by atoms with van der Waals surface area (Å²) in [6.45, 7) is 2.21. The molecular formula is C16H28NaO4. The molecule has 0 bridgehead atoms. The zero-order valence-corrected chi connectivity index (χ0v) is 15.5. The maximum absolute atomic E-state index is 10.8. The van der Waals surface area contributed by atoms with Gasteiger partial charge in [0.1, 0.15) is 0 Å². The third-order valence-corrected chi connectivity index (χ3v) is 3.30. The zero-order chi connectivity index (χ0) is 15.2. The molecule has 0 aromatic rings. The third-order valence-electron chi connectivity index (χ3n) is 3.30. The fraction of sp³-hybridized carbons (Fsp3) is 0.750. The van der Waals surface area contributed by atoms with Gasteiger partial charge in [0, 0.05) is 29.6 Å². The predicted molar refractivity (Wildman–Crippen MR) is 85.5 cm³/mol. The molecule has 1 unspecified atom stereocenters. The molecule has 21 heavy (non-hydrogen) atoms. The van der Waals surface area contributed by atoms with E-state index >= 15 is 0 Å². The standard InChI is InChI=1S/C16H28O4.Na/c1-2-3-4-5-6-7-8-9-10-11-12-14(16(19)20)13-15(17)18;/h11-12,14H,2-10,13H2,1H3,(H,17,18)(H,19,20);. The van der Waals surface area contributed by atoms with Crippen LogP contribution < -0.4 is 0 Å². The molecule has 1 radical (unpaired) electrons. The maximum atomic E-state index is 10.8. The van der Waals surface area contributed by atoms with Crippen LogP contribution in [0.5, 0.6) is 0 Å². The fourth-order valence-corrected chi connectivity index (χ4v) is 2.08. The Morgan fingerprint density at radius 3 is 1.95 bits per heavy atom. The van der Waals surface area contributed by atoms with Crippen molar-refractivity contribution in [2.24, 2.45) is 5.92 Å². The molecule has 1 atom stereocenters. The van der Waals surface area contributed by atoms with Crippen molar-refractivity contribution in [1.82, 2.24) is 0 Å². The maximum Gasteiger partial charge on any atom is 0.310 e. The van der Waals surface area contributed by atoms with Crippen LogP contribution >= 0.6 is 0 Å². The topological polar surface area (TPSA) is 74.6 Å². The first-order valence-electron chi connectivity index (χ1n) is 7.69. The first-order valence-corrected chi connectivity index (χ1v) is 7.69. The Morgan fingerprint density at radius 2 is 1.48 bits per heavy atom. The Balaban J connectivity index is 0. The van der Waals surface area contributed by atoms with Gasteiger partial charge in [-0.25, -0.2) is 0 Å². The first kappa shape index (κ1) is 23.0. The summed E-state index contributed by atoms with van der Waals surface area (Å²) in [5, 5.41) is 17.4. The van der Waals surface area contributed by atoms with Crippen molar-refractivity contribution in [3.8, 4) is 0 Å².